The van der Waals surface area contributed by atoms with E-state index in [1.54, 1.807) is 0 Å². The Labute approximate surface area is 125 Å². The van der Waals surface area contributed by atoms with Gasteiger partial charge in [-0.25, -0.2) is 0 Å². The first kappa shape index (κ1) is 16.3. The van der Waals surface area contributed by atoms with Gasteiger partial charge in [0.1, 0.15) is 0 Å². The molecule has 0 aromatic heterocycles. The number of aliphatic hydroxyl groups is 1. The molecule has 0 amide bonds. The van der Waals surface area contributed by atoms with Crippen molar-refractivity contribution < 1.29 is 5.11 Å². The van der Waals surface area contributed by atoms with E-state index in [0.29, 0.717) is 18.7 Å². The van der Waals surface area contributed by atoms with Gasteiger partial charge in [0.15, 0.2) is 0 Å². The van der Waals surface area contributed by atoms with Crippen LogP contribution >= 0.6 is 0 Å². The van der Waals surface area contributed by atoms with Gasteiger partial charge >= 0.3 is 0 Å². The van der Waals surface area contributed by atoms with Crippen molar-refractivity contribution in [1.82, 2.24) is 10.2 Å². The quantitative estimate of drug-likeness (QED) is 0.786. The minimum absolute atomic E-state index is 0.339. The predicted molar refractivity (Wildman–Crippen MR) is 84.8 cm³/mol. The van der Waals surface area contributed by atoms with Gasteiger partial charge in [-0.15, -0.1) is 0 Å². The summed E-state index contributed by atoms with van der Waals surface area (Å²) in [6, 6.07) is 1.12. The number of likely N-dealkylation sites (tertiary alicyclic amines) is 1. The molecule has 4 atom stereocenters. The van der Waals surface area contributed by atoms with Crippen LogP contribution in [0, 0.1) is 17.8 Å². The maximum absolute atomic E-state index is 9.52. The molecule has 3 nitrogen and oxygen atoms in total. The van der Waals surface area contributed by atoms with Crippen LogP contribution in [0.25, 0.3) is 0 Å². The van der Waals surface area contributed by atoms with Crippen molar-refractivity contribution in [2.75, 3.05) is 26.2 Å². The zero-order valence-corrected chi connectivity index (χ0v) is 13.6. The van der Waals surface area contributed by atoms with Crippen LogP contribution < -0.4 is 5.32 Å². The van der Waals surface area contributed by atoms with Crippen molar-refractivity contribution in [1.29, 1.82) is 0 Å². The highest BCUT2D eigenvalue weighted by Crippen LogP contribution is 2.35. The smallest absolute Gasteiger partial charge is 0.0586 e. The number of rotatable bonds is 6. The Morgan fingerprint density at radius 3 is 2.70 bits per heavy atom. The molecule has 0 spiro atoms. The number of aliphatic hydroxyl groups excluding tert-OH is 1. The van der Waals surface area contributed by atoms with E-state index in [2.05, 4.69) is 31.0 Å². The third kappa shape index (κ3) is 3.96. The van der Waals surface area contributed by atoms with Gasteiger partial charge in [0.2, 0.25) is 0 Å². The van der Waals surface area contributed by atoms with Crippen LogP contribution in [-0.2, 0) is 0 Å². The summed E-state index contributed by atoms with van der Waals surface area (Å²) in [5.74, 6) is 2.47. The summed E-state index contributed by atoms with van der Waals surface area (Å²) >= 11 is 0. The van der Waals surface area contributed by atoms with Crippen molar-refractivity contribution in [3.05, 3.63) is 0 Å². The van der Waals surface area contributed by atoms with Crippen molar-refractivity contribution in [2.45, 2.75) is 65.0 Å². The van der Waals surface area contributed by atoms with E-state index in [4.69, 9.17) is 0 Å². The summed E-state index contributed by atoms with van der Waals surface area (Å²) in [5, 5.41) is 13.2. The molecule has 0 bridgehead atoms. The van der Waals surface area contributed by atoms with Crippen LogP contribution in [0.15, 0.2) is 0 Å². The first-order chi connectivity index (χ1) is 9.65. The highest BCUT2D eigenvalue weighted by Gasteiger charge is 2.34. The van der Waals surface area contributed by atoms with Crippen LogP contribution in [-0.4, -0.2) is 48.3 Å². The van der Waals surface area contributed by atoms with Crippen LogP contribution in [0.1, 0.15) is 52.9 Å². The molecule has 1 aliphatic heterocycles. The molecule has 2 rings (SSSR count). The minimum Gasteiger partial charge on any atom is -0.395 e. The van der Waals surface area contributed by atoms with Crippen molar-refractivity contribution >= 4 is 0 Å². The van der Waals surface area contributed by atoms with E-state index in [-0.39, 0.29) is 0 Å². The molecule has 1 saturated carbocycles. The second-order valence-corrected chi connectivity index (χ2v) is 7.21. The Balaban J connectivity index is 1.95. The Morgan fingerprint density at radius 1 is 1.25 bits per heavy atom. The number of hydrogen-bond donors (Lipinski definition) is 2. The van der Waals surface area contributed by atoms with Gasteiger partial charge in [0, 0.05) is 18.6 Å². The molecule has 2 N–H and O–H groups in total. The second-order valence-electron chi connectivity index (χ2n) is 7.21. The van der Waals surface area contributed by atoms with Crippen molar-refractivity contribution in [3.8, 4) is 0 Å². The lowest BCUT2D eigenvalue weighted by Crippen LogP contribution is -2.47. The molecule has 1 heterocycles. The molecule has 1 aliphatic carbocycles. The van der Waals surface area contributed by atoms with Gasteiger partial charge in [0.05, 0.1) is 6.61 Å². The summed E-state index contributed by atoms with van der Waals surface area (Å²) in [7, 11) is 0. The fourth-order valence-electron chi connectivity index (χ4n) is 4.28. The van der Waals surface area contributed by atoms with Gasteiger partial charge in [-0.2, -0.15) is 0 Å². The summed E-state index contributed by atoms with van der Waals surface area (Å²) in [6.07, 6.45) is 6.53. The molecule has 118 valence electrons. The summed E-state index contributed by atoms with van der Waals surface area (Å²) in [5.41, 5.74) is 0. The van der Waals surface area contributed by atoms with E-state index < -0.39 is 0 Å². The third-order valence-corrected chi connectivity index (χ3v) is 5.61. The molecular weight excluding hydrogens is 248 g/mol. The van der Waals surface area contributed by atoms with Crippen LogP contribution in [0.2, 0.25) is 0 Å². The zero-order chi connectivity index (χ0) is 14.5. The molecule has 1 saturated heterocycles. The second kappa shape index (κ2) is 7.77. The average Bonchev–Trinajstić information content (AvgIpc) is 2.88. The Hall–Kier alpha value is -0.120. The fraction of sp³-hybridized carbons (Fsp3) is 1.00. The number of nitrogens with one attached hydrogen (secondary N) is 1. The van der Waals surface area contributed by atoms with Crippen molar-refractivity contribution in [3.63, 3.8) is 0 Å². The highest BCUT2D eigenvalue weighted by molar-refractivity contribution is 4.90. The average molecular weight is 282 g/mol. The van der Waals surface area contributed by atoms with Crippen LogP contribution in [0.4, 0.5) is 0 Å². The number of nitrogens with zero attached hydrogens (tertiary/aromatic N) is 1. The third-order valence-electron chi connectivity index (χ3n) is 5.61. The maximum Gasteiger partial charge on any atom is 0.0586 e. The van der Waals surface area contributed by atoms with Crippen LogP contribution in [0.3, 0.4) is 0 Å². The van der Waals surface area contributed by atoms with E-state index in [1.807, 2.05) is 0 Å². The first-order valence-electron chi connectivity index (χ1n) is 8.74. The Kier molecular flexibility index (Phi) is 6.31. The normalized spacial score (nSPS) is 35.9. The first-order valence-corrected chi connectivity index (χ1v) is 8.74. The highest BCUT2D eigenvalue weighted by atomic mass is 16.3. The van der Waals surface area contributed by atoms with E-state index in [9.17, 15) is 5.11 Å². The number of hydrogen-bond acceptors (Lipinski definition) is 3. The SMILES string of the molecule is CCNC1CCC(C(C)C)CC1CN1CCCC1CO. The van der Waals surface area contributed by atoms with E-state index in [0.717, 1.165) is 24.3 Å². The summed E-state index contributed by atoms with van der Waals surface area (Å²) in [4.78, 5) is 2.55. The zero-order valence-electron chi connectivity index (χ0n) is 13.6. The molecule has 4 unspecified atom stereocenters. The van der Waals surface area contributed by atoms with Gasteiger partial charge in [-0.05, 0) is 62.9 Å². The van der Waals surface area contributed by atoms with E-state index in [1.165, 1.54) is 45.2 Å². The van der Waals surface area contributed by atoms with Gasteiger partial charge in [-0.3, -0.25) is 4.90 Å². The predicted octanol–water partition coefficient (Wildman–Crippen LogP) is 2.49. The molecular formula is C17H34N2O. The molecule has 2 fully saturated rings. The standard InChI is InChI=1S/C17H34N2O/c1-4-18-17-8-7-14(13(2)3)10-15(17)11-19-9-5-6-16(19)12-20/h13-18,20H,4-12H2,1-3H3. The molecule has 0 radical (unpaired) electrons. The van der Waals surface area contributed by atoms with Crippen molar-refractivity contribution in [2.24, 2.45) is 17.8 Å². The lowest BCUT2D eigenvalue weighted by atomic mass is 9.73. The van der Waals surface area contributed by atoms with Gasteiger partial charge in [-0.1, -0.05) is 20.8 Å². The lowest BCUT2D eigenvalue weighted by Gasteiger charge is -2.41. The Morgan fingerprint density at radius 2 is 2.05 bits per heavy atom. The lowest BCUT2D eigenvalue weighted by molar-refractivity contribution is 0.0948. The molecule has 20 heavy (non-hydrogen) atoms. The summed E-state index contributed by atoms with van der Waals surface area (Å²) in [6.45, 7) is 10.8. The molecule has 0 aromatic carbocycles. The van der Waals surface area contributed by atoms with Gasteiger partial charge < -0.3 is 10.4 Å². The minimum atomic E-state index is 0.339. The summed E-state index contributed by atoms with van der Waals surface area (Å²) < 4.78 is 0. The molecule has 2 aliphatic rings. The fourth-order valence-corrected chi connectivity index (χ4v) is 4.28. The largest absolute Gasteiger partial charge is 0.395 e. The monoisotopic (exact) mass is 282 g/mol. The molecule has 3 heteroatoms. The van der Waals surface area contributed by atoms with E-state index >= 15 is 0 Å². The van der Waals surface area contributed by atoms with Gasteiger partial charge in [0.25, 0.3) is 0 Å². The topological polar surface area (TPSA) is 35.5 Å². The maximum atomic E-state index is 9.52. The molecule has 0 aromatic rings. The van der Waals surface area contributed by atoms with Crippen LogP contribution in [0.5, 0.6) is 0 Å². The Bertz CT molecular complexity index is 282.